The third kappa shape index (κ3) is 5.64. The summed E-state index contributed by atoms with van der Waals surface area (Å²) in [5, 5.41) is 9.36. The number of hydrogen-bond donors (Lipinski definition) is 1. The molecule has 24 heavy (non-hydrogen) atoms. The first-order valence-corrected chi connectivity index (χ1v) is 7.60. The fourth-order valence-electron chi connectivity index (χ4n) is 2.44. The normalized spacial score (nSPS) is 17.6. The Morgan fingerprint density at radius 3 is 2.50 bits per heavy atom. The van der Waals surface area contributed by atoms with Gasteiger partial charge in [0.15, 0.2) is 6.61 Å². The van der Waals surface area contributed by atoms with Gasteiger partial charge in [0.25, 0.3) is 5.91 Å². The van der Waals surface area contributed by atoms with Crippen molar-refractivity contribution in [1.82, 2.24) is 14.8 Å². The third-order valence-electron chi connectivity index (χ3n) is 3.55. The van der Waals surface area contributed by atoms with Crippen LogP contribution in [-0.2, 0) is 0 Å². The van der Waals surface area contributed by atoms with E-state index in [-0.39, 0.29) is 11.8 Å². The van der Waals surface area contributed by atoms with Crippen molar-refractivity contribution in [2.45, 2.75) is 19.2 Å². The van der Waals surface area contributed by atoms with E-state index in [1.54, 1.807) is 11.8 Å². The Hall–Kier alpha value is -1.87. The predicted molar refractivity (Wildman–Crippen MR) is 79.8 cm³/mol. The summed E-state index contributed by atoms with van der Waals surface area (Å²) >= 11 is 0. The minimum atomic E-state index is -4.43. The number of nitrogens with zero attached hydrogens (tertiary/aromatic N) is 3. The largest absolute Gasteiger partial charge is 0.468 e. The Morgan fingerprint density at radius 2 is 2.00 bits per heavy atom. The van der Waals surface area contributed by atoms with E-state index in [2.05, 4.69) is 14.6 Å². The van der Waals surface area contributed by atoms with Gasteiger partial charge in [0.2, 0.25) is 5.88 Å². The Bertz CT molecular complexity index is 541. The highest BCUT2D eigenvalue weighted by Gasteiger charge is 2.29. The number of carbonyl (C=O) groups excluding carboxylic acids is 1. The average molecular weight is 347 g/mol. The fourth-order valence-corrected chi connectivity index (χ4v) is 2.44. The smallest absolute Gasteiger partial charge is 0.422 e. The summed E-state index contributed by atoms with van der Waals surface area (Å²) < 4.78 is 40.7. The van der Waals surface area contributed by atoms with Gasteiger partial charge in [-0.1, -0.05) is 0 Å². The van der Waals surface area contributed by atoms with E-state index >= 15 is 0 Å². The molecule has 1 aromatic rings. The van der Waals surface area contributed by atoms with Crippen LogP contribution >= 0.6 is 0 Å². The number of amides is 1. The molecule has 1 amide bonds. The molecule has 134 valence electrons. The molecule has 0 spiro atoms. The van der Waals surface area contributed by atoms with E-state index in [1.807, 2.05) is 0 Å². The minimum Gasteiger partial charge on any atom is -0.468 e. The van der Waals surface area contributed by atoms with Crippen molar-refractivity contribution in [2.24, 2.45) is 0 Å². The quantitative estimate of drug-likeness (QED) is 0.866. The topological polar surface area (TPSA) is 65.9 Å². The van der Waals surface area contributed by atoms with E-state index < -0.39 is 18.9 Å². The number of halogens is 3. The molecule has 1 aromatic heterocycles. The number of β-amino-alcohol motifs (C(OH)–C–C–N with tert-alkyl or cyclic N) is 1. The number of ether oxygens (including phenoxy) is 1. The van der Waals surface area contributed by atoms with Crippen LogP contribution in [0.2, 0.25) is 0 Å². The number of aliphatic hydroxyl groups excluding tert-OH is 1. The number of rotatable bonds is 5. The van der Waals surface area contributed by atoms with E-state index in [4.69, 9.17) is 0 Å². The molecule has 1 aliphatic heterocycles. The second-order valence-corrected chi connectivity index (χ2v) is 5.73. The number of carbonyl (C=O) groups is 1. The molecular weight excluding hydrogens is 327 g/mol. The predicted octanol–water partition coefficient (Wildman–Crippen LogP) is 1.16. The lowest BCUT2D eigenvalue weighted by atomic mass is 10.2. The van der Waals surface area contributed by atoms with Crippen molar-refractivity contribution in [3.05, 3.63) is 23.9 Å². The molecule has 0 radical (unpaired) electrons. The molecule has 1 saturated heterocycles. The molecule has 0 aromatic carbocycles. The van der Waals surface area contributed by atoms with Crippen LogP contribution in [0.4, 0.5) is 13.2 Å². The zero-order valence-electron chi connectivity index (χ0n) is 13.3. The van der Waals surface area contributed by atoms with Gasteiger partial charge in [0.1, 0.15) is 0 Å². The van der Waals surface area contributed by atoms with E-state index in [0.29, 0.717) is 38.3 Å². The van der Waals surface area contributed by atoms with Crippen molar-refractivity contribution in [2.75, 3.05) is 39.3 Å². The van der Waals surface area contributed by atoms with Crippen LogP contribution in [-0.4, -0.2) is 77.4 Å². The number of alkyl halides is 3. The van der Waals surface area contributed by atoms with Crippen LogP contribution < -0.4 is 4.74 Å². The van der Waals surface area contributed by atoms with E-state index in [1.165, 1.54) is 18.3 Å². The first kappa shape index (κ1) is 18.5. The lowest BCUT2D eigenvalue weighted by Gasteiger charge is -2.35. The molecule has 0 unspecified atom stereocenters. The SMILES string of the molecule is C[C@H](O)CN1CCN(C(=O)c2ccc(OCC(F)(F)F)nc2)CC1. The Labute approximate surface area is 137 Å². The maximum absolute atomic E-state index is 12.4. The molecule has 1 N–H and O–H groups in total. The van der Waals surface area contributed by atoms with Crippen molar-refractivity contribution < 1.29 is 27.8 Å². The second-order valence-electron chi connectivity index (χ2n) is 5.73. The van der Waals surface area contributed by atoms with Gasteiger partial charge in [0.05, 0.1) is 11.7 Å². The van der Waals surface area contributed by atoms with Gasteiger partial charge in [-0.3, -0.25) is 9.69 Å². The summed E-state index contributed by atoms with van der Waals surface area (Å²) in [6.07, 6.45) is -3.63. The average Bonchev–Trinajstić information content (AvgIpc) is 2.52. The monoisotopic (exact) mass is 347 g/mol. The highest BCUT2D eigenvalue weighted by atomic mass is 19.4. The van der Waals surface area contributed by atoms with Gasteiger partial charge >= 0.3 is 6.18 Å². The molecule has 0 bridgehead atoms. The molecule has 2 rings (SSSR count). The summed E-state index contributed by atoms with van der Waals surface area (Å²) in [7, 11) is 0. The molecule has 6 nitrogen and oxygen atoms in total. The van der Waals surface area contributed by atoms with E-state index in [9.17, 15) is 23.1 Å². The maximum atomic E-state index is 12.4. The number of aromatic nitrogens is 1. The zero-order valence-corrected chi connectivity index (χ0v) is 13.3. The molecule has 1 atom stereocenters. The lowest BCUT2D eigenvalue weighted by Crippen LogP contribution is -2.50. The Kier molecular flexibility index (Phi) is 6.00. The van der Waals surface area contributed by atoms with Crippen LogP contribution in [0.1, 0.15) is 17.3 Å². The number of hydrogen-bond acceptors (Lipinski definition) is 5. The molecular formula is C15H20F3N3O3. The number of aliphatic hydroxyl groups is 1. The Morgan fingerprint density at radius 1 is 1.33 bits per heavy atom. The molecule has 0 saturated carbocycles. The molecule has 9 heteroatoms. The summed E-state index contributed by atoms with van der Waals surface area (Å²) in [6, 6.07) is 2.66. The summed E-state index contributed by atoms with van der Waals surface area (Å²) in [6.45, 7) is 3.24. The lowest BCUT2D eigenvalue weighted by molar-refractivity contribution is -0.154. The highest BCUT2D eigenvalue weighted by molar-refractivity contribution is 5.94. The van der Waals surface area contributed by atoms with Crippen LogP contribution in [0, 0.1) is 0 Å². The molecule has 1 fully saturated rings. The van der Waals surface area contributed by atoms with Gasteiger partial charge in [-0.05, 0) is 13.0 Å². The molecule has 0 aliphatic carbocycles. The zero-order chi connectivity index (χ0) is 17.7. The standard InChI is InChI=1S/C15H20F3N3O3/c1-11(22)9-20-4-6-21(7-5-20)14(23)12-2-3-13(19-8-12)24-10-15(16,17)18/h2-3,8,11,22H,4-7,9-10H2,1H3/t11-/m0/s1. The van der Waals surface area contributed by atoms with Crippen LogP contribution in [0.25, 0.3) is 0 Å². The summed E-state index contributed by atoms with van der Waals surface area (Å²) in [5.41, 5.74) is 0.304. The minimum absolute atomic E-state index is 0.175. The second kappa shape index (κ2) is 7.80. The number of pyridine rings is 1. The summed E-state index contributed by atoms with van der Waals surface area (Å²) in [5.74, 6) is -0.396. The van der Waals surface area contributed by atoms with Gasteiger partial charge in [-0.25, -0.2) is 4.98 Å². The first-order valence-electron chi connectivity index (χ1n) is 7.60. The van der Waals surface area contributed by atoms with Crippen molar-refractivity contribution in [1.29, 1.82) is 0 Å². The van der Waals surface area contributed by atoms with Crippen molar-refractivity contribution in [3.63, 3.8) is 0 Å². The summed E-state index contributed by atoms with van der Waals surface area (Å²) in [4.78, 5) is 19.8. The van der Waals surface area contributed by atoms with Gasteiger partial charge in [-0.2, -0.15) is 13.2 Å². The molecule has 1 aliphatic rings. The van der Waals surface area contributed by atoms with Crippen LogP contribution in [0.5, 0.6) is 5.88 Å². The fraction of sp³-hybridized carbons (Fsp3) is 0.600. The Balaban J connectivity index is 1.87. The van der Waals surface area contributed by atoms with Crippen molar-refractivity contribution in [3.8, 4) is 5.88 Å². The van der Waals surface area contributed by atoms with E-state index in [0.717, 1.165) is 0 Å². The van der Waals surface area contributed by atoms with Crippen LogP contribution in [0.15, 0.2) is 18.3 Å². The van der Waals surface area contributed by atoms with Crippen LogP contribution in [0.3, 0.4) is 0 Å². The first-order chi connectivity index (χ1) is 11.2. The van der Waals surface area contributed by atoms with Crippen molar-refractivity contribution >= 4 is 5.91 Å². The maximum Gasteiger partial charge on any atom is 0.422 e. The third-order valence-corrected chi connectivity index (χ3v) is 3.55. The van der Waals surface area contributed by atoms with Gasteiger partial charge in [0, 0.05) is 45.0 Å². The van der Waals surface area contributed by atoms with Gasteiger partial charge < -0.3 is 14.7 Å². The number of piperazine rings is 1. The van der Waals surface area contributed by atoms with Gasteiger partial charge in [-0.15, -0.1) is 0 Å². The highest BCUT2D eigenvalue weighted by Crippen LogP contribution is 2.17. The molecule has 2 heterocycles.